The SMILES string of the molecule is COCCCN(CCC(=O)OC)C(=O)CCC(=O)c1ccc(Cl)cc1. The van der Waals surface area contributed by atoms with Crippen LogP contribution < -0.4 is 0 Å². The fourth-order valence-electron chi connectivity index (χ4n) is 2.25. The predicted octanol–water partition coefficient (Wildman–Crippen LogP) is 2.73. The average Bonchev–Trinajstić information content (AvgIpc) is 2.62. The van der Waals surface area contributed by atoms with Crippen LogP contribution in [0.5, 0.6) is 0 Å². The molecule has 0 aliphatic heterocycles. The lowest BCUT2D eigenvalue weighted by molar-refractivity contribution is -0.141. The van der Waals surface area contributed by atoms with Gasteiger partial charge in [-0.15, -0.1) is 0 Å². The first-order valence-corrected chi connectivity index (χ1v) is 8.48. The molecule has 0 spiro atoms. The number of hydrogen-bond donors (Lipinski definition) is 0. The summed E-state index contributed by atoms with van der Waals surface area (Å²) < 4.78 is 9.60. The highest BCUT2D eigenvalue weighted by atomic mass is 35.5. The number of ketones is 1. The zero-order valence-corrected chi connectivity index (χ0v) is 15.4. The third-order valence-corrected chi connectivity index (χ3v) is 3.93. The van der Waals surface area contributed by atoms with E-state index < -0.39 is 0 Å². The molecule has 0 saturated heterocycles. The molecule has 0 unspecified atom stereocenters. The third-order valence-electron chi connectivity index (χ3n) is 3.67. The molecule has 7 heteroatoms. The van der Waals surface area contributed by atoms with E-state index in [1.165, 1.54) is 7.11 Å². The molecule has 0 heterocycles. The Labute approximate surface area is 153 Å². The van der Waals surface area contributed by atoms with Gasteiger partial charge in [0.05, 0.1) is 13.5 Å². The monoisotopic (exact) mass is 369 g/mol. The van der Waals surface area contributed by atoms with Crippen molar-refractivity contribution < 1.29 is 23.9 Å². The van der Waals surface area contributed by atoms with Crippen molar-refractivity contribution in [3.8, 4) is 0 Å². The van der Waals surface area contributed by atoms with Crippen molar-refractivity contribution in [1.29, 1.82) is 0 Å². The number of ether oxygens (including phenoxy) is 2. The maximum Gasteiger partial charge on any atom is 0.307 e. The smallest absolute Gasteiger partial charge is 0.307 e. The minimum atomic E-state index is -0.373. The van der Waals surface area contributed by atoms with Crippen LogP contribution in [0.25, 0.3) is 0 Å². The Hall–Kier alpha value is -1.92. The second-order valence-corrected chi connectivity index (χ2v) is 5.92. The van der Waals surface area contributed by atoms with Crippen molar-refractivity contribution in [2.24, 2.45) is 0 Å². The van der Waals surface area contributed by atoms with Gasteiger partial charge in [0.25, 0.3) is 0 Å². The van der Waals surface area contributed by atoms with Crippen LogP contribution in [-0.4, -0.2) is 56.5 Å². The van der Waals surface area contributed by atoms with E-state index in [2.05, 4.69) is 4.74 Å². The van der Waals surface area contributed by atoms with E-state index >= 15 is 0 Å². The Bertz CT molecular complexity index is 573. The molecule has 1 amide bonds. The first-order valence-electron chi connectivity index (χ1n) is 8.10. The normalized spacial score (nSPS) is 10.4. The van der Waals surface area contributed by atoms with Gasteiger partial charge in [0, 0.05) is 50.2 Å². The number of benzene rings is 1. The van der Waals surface area contributed by atoms with E-state index in [1.54, 1.807) is 36.3 Å². The number of carbonyl (C=O) groups excluding carboxylic acids is 3. The molecular formula is C18H24ClNO5. The number of nitrogens with zero attached hydrogens (tertiary/aromatic N) is 1. The van der Waals surface area contributed by atoms with Gasteiger partial charge in [0.15, 0.2) is 5.78 Å². The van der Waals surface area contributed by atoms with Gasteiger partial charge < -0.3 is 14.4 Å². The van der Waals surface area contributed by atoms with Crippen LogP contribution in [0.2, 0.25) is 5.02 Å². The van der Waals surface area contributed by atoms with E-state index in [4.69, 9.17) is 16.3 Å². The standard InChI is InChI=1S/C18H24ClNO5/c1-24-13-3-11-20(12-10-18(23)25-2)17(22)9-8-16(21)14-4-6-15(19)7-5-14/h4-7H,3,8-13H2,1-2H3. The van der Waals surface area contributed by atoms with Crippen molar-refractivity contribution in [2.45, 2.75) is 25.7 Å². The summed E-state index contributed by atoms with van der Waals surface area (Å²) >= 11 is 5.80. The number of rotatable bonds is 11. The van der Waals surface area contributed by atoms with Crippen LogP contribution in [-0.2, 0) is 19.1 Å². The van der Waals surface area contributed by atoms with Crippen molar-refractivity contribution in [2.75, 3.05) is 33.9 Å². The number of amides is 1. The number of methoxy groups -OCH3 is 2. The van der Waals surface area contributed by atoms with Gasteiger partial charge in [-0.1, -0.05) is 11.6 Å². The summed E-state index contributed by atoms with van der Waals surface area (Å²) in [5.41, 5.74) is 0.526. The Morgan fingerprint density at radius 3 is 2.28 bits per heavy atom. The van der Waals surface area contributed by atoms with Crippen LogP contribution in [0.15, 0.2) is 24.3 Å². The summed E-state index contributed by atoms with van der Waals surface area (Å²) in [6, 6.07) is 6.57. The first kappa shape index (κ1) is 21.1. The molecule has 0 N–H and O–H groups in total. The van der Waals surface area contributed by atoms with Crippen LogP contribution >= 0.6 is 11.6 Å². The molecule has 0 aliphatic carbocycles. The summed E-state index contributed by atoms with van der Waals surface area (Å²) in [7, 11) is 2.90. The molecule has 0 radical (unpaired) electrons. The molecule has 1 aromatic rings. The number of carbonyl (C=O) groups is 3. The molecule has 0 bridgehead atoms. The Kier molecular flexibility index (Phi) is 9.80. The van der Waals surface area contributed by atoms with Gasteiger partial charge in [-0.25, -0.2) is 0 Å². The van der Waals surface area contributed by atoms with Gasteiger partial charge >= 0.3 is 5.97 Å². The van der Waals surface area contributed by atoms with Crippen molar-refractivity contribution >= 4 is 29.3 Å². The van der Waals surface area contributed by atoms with E-state index in [9.17, 15) is 14.4 Å². The maximum atomic E-state index is 12.4. The predicted molar refractivity (Wildman–Crippen MR) is 94.7 cm³/mol. The van der Waals surface area contributed by atoms with E-state index in [1.807, 2.05) is 0 Å². The fourth-order valence-corrected chi connectivity index (χ4v) is 2.37. The van der Waals surface area contributed by atoms with E-state index in [0.29, 0.717) is 30.2 Å². The molecule has 6 nitrogen and oxygen atoms in total. The number of hydrogen-bond acceptors (Lipinski definition) is 5. The van der Waals surface area contributed by atoms with Gasteiger partial charge in [0.2, 0.25) is 5.91 Å². The Balaban J connectivity index is 2.55. The van der Waals surface area contributed by atoms with E-state index in [-0.39, 0.29) is 43.5 Å². The molecule has 0 saturated carbocycles. The van der Waals surface area contributed by atoms with Gasteiger partial charge in [-0.2, -0.15) is 0 Å². The molecule has 0 aromatic heterocycles. The summed E-state index contributed by atoms with van der Waals surface area (Å²) in [6.07, 6.45) is 0.990. The molecule has 1 rings (SSSR count). The van der Waals surface area contributed by atoms with Crippen molar-refractivity contribution in [3.05, 3.63) is 34.9 Å². The molecular weight excluding hydrogens is 346 g/mol. The van der Waals surface area contributed by atoms with Crippen molar-refractivity contribution in [1.82, 2.24) is 4.90 Å². The minimum absolute atomic E-state index is 0.0929. The fraction of sp³-hybridized carbons (Fsp3) is 0.500. The second kappa shape index (κ2) is 11.6. The molecule has 0 fully saturated rings. The molecule has 0 aliphatic rings. The Morgan fingerprint density at radius 2 is 1.68 bits per heavy atom. The second-order valence-electron chi connectivity index (χ2n) is 5.48. The highest BCUT2D eigenvalue weighted by molar-refractivity contribution is 6.30. The number of Topliss-reactive ketones (excluding diaryl/α,β-unsaturated/α-hetero) is 1. The van der Waals surface area contributed by atoms with Gasteiger partial charge in [-0.3, -0.25) is 14.4 Å². The lowest BCUT2D eigenvalue weighted by Crippen LogP contribution is -2.34. The molecule has 138 valence electrons. The summed E-state index contributed by atoms with van der Waals surface area (Å²) in [4.78, 5) is 37.4. The zero-order chi connectivity index (χ0) is 18.7. The topological polar surface area (TPSA) is 72.9 Å². The van der Waals surface area contributed by atoms with E-state index in [0.717, 1.165) is 0 Å². The average molecular weight is 370 g/mol. The summed E-state index contributed by atoms with van der Waals surface area (Å²) in [5.74, 6) is -0.654. The quantitative estimate of drug-likeness (QED) is 0.340. The van der Waals surface area contributed by atoms with Gasteiger partial charge in [-0.05, 0) is 30.7 Å². The first-order chi connectivity index (χ1) is 12.0. The Morgan fingerprint density at radius 1 is 1.00 bits per heavy atom. The lowest BCUT2D eigenvalue weighted by Gasteiger charge is -2.22. The molecule has 0 atom stereocenters. The number of esters is 1. The van der Waals surface area contributed by atoms with Gasteiger partial charge in [0.1, 0.15) is 0 Å². The number of halogens is 1. The minimum Gasteiger partial charge on any atom is -0.469 e. The van der Waals surface area contributed by atoms with Crippen LogP contribution in [0, 0.1) is 0 Å². The maximum absolute atomic E-state index is 12.4. The van der Waals surface area contributed by atoms with Crippen LogP contribution in [0.1, 0.15) is 36.0 Å². The lowest BCUT2D eigenvalue weighted by atomic mass is 10.1. The summed E-state index contributed by atoms with van der Waals surface area (Å²) in [6.45, 7) is 1.26. The third kappa shape index (κ3) is 8.14. The summed E-state index contributed by atoms with van der Waals surface area (Å²) in [5, 5.41) is 0.555. The highest BCUT2D eigenvalue weighted by Crippen LogP contribution is 2.12. The largest absolute Gasteiger partial charge is 0.469 e. The highest BCUT2D eigenvalue weighted by Gasteiger charge is 2.17. The van der Waals surface area contributed by atoms with Crippen LogP contribution in [0.4, 0.5) is 0 Å². The molecule has 25 heavy (non-hydrogen) atoms. The zero-order valence-electron chi connectivity index (χ0n) is 14.6. The molecule has 1 aromatic carbocycles. The van der Waals surface area contributed by atoms with Crippen LogP contribution in [0.3, 0.4) is 0 Å². The van der Waals surface area contributed by atoms with Crippen molar-refractivity contribution in [3.63, 3.8) is 0 Å².